The molecule has 0 aromatic heterocycles. The maximum atomic E-state index is 11.8. The normalized spacial score (nSPS) is 23.4. The first-order valence-electron chi connectivity index (χ1n) is 7.01. The van der Waals surface area contributed by atoms with Gasteiger partial charge in [0.25, 0.3) is 0 Å². The van der Waals surface area contributed by atoms with E-state index in [0.717, 1.165) is 31.6 Å². The second kappa shape index (κ2) is 8.11. The molecule has 0 bridgehead atoms. The zero-order chi connectivity index (χ0) is 13.4. The number of carbonyl (C=O) groups excluding carboxylic acids is 2. The van der Waals surface area contributed by atoms with Crippen LogP contribution in [0.25, 0.3) is 0 Å². The highest BCUT2D eigenvalue weighted by Crippen LogP contribution is 2.31. The van der Waals surface area contributed by atoms with E-state index in [9.17, 15) is 9.59 Å². The highest BCUT2D eigenvalue weighted by molar-refractivity contribution is 5.83. The van der Waals surface area contributed by atoms with Crippen LogP contribution in [0.1, 0.15) is 51.9 Å². The van der Waals surface area contributed by atoms with Crippen LogP contribution in [-0.4, -0.2) is 25.5 Å². The van der Waals surface area contributed by atoms with Crippen molar-refractivity contribution in [1.29, 1.82) is 0 Å². The number of amides is 1. The first-order valence-corrected chi connectivity index (χ1v) is 7.01. The molecule has 0 aromatic rings. The molecular weight excluding hydrogens is 230 g/mol. The van der Waals surface area contributed by atoms with Crippen LogP contribution in [-0.2, 0) is 14.3 Å². The molecule has 1 amide bonds. The molecule has 1 aliphatic rings. The lowest BCUT2D eigenvalue weighted by Gasteiger charge is -2.27. The molecule has 104 valence electrons. The van der Waals surface area contributed by atoms with Crippen LogP contribution in [0.4, 0.5) is 0 Å². The third kappa shape index (κ3) is 5.07. The molecule has 1 aliphatic carbocycles. The minimum atomic E-state index is -0.389. The average molecular weight is 255 g/mol. The number of hydrogen-bond donors (Lipinski definition) is 1. The second-order valence-corrected chi connectivity index (χ2v) is 5.15. The number of methoxy groups -OCH3 is 1. The molecule has 1 fully saturated rings. The Morgan fingerprint density at radius 3 is 2.44 bits per heavy atom. The lowest BCUT2D eigenvalue weighted by atomic mass is 9.79. The summed E-state index contributed by atoms with van der Waals surface area (Å²) >= 11 is 0. The fraction of sp³-hybridized carbons (Fsp3) is 0.857. The predicted molar refractivity (Wildman–Crippen MR) is 70.0 cm³/mol. The molecule has 4 nitrogen and oxygen atoms in total. The van der Waals surface area contributed by atoms with Crippen LogP contribution in [0.3, 0.4) is 0 Å². The molecule has 1 saturated carbocycles. The maximum absolute atomic E-state index is 11.8. The van der Waals surface area contributed by atoms with Crippen molar-refractivity contribution in [2.24, 2.45) is 11.8 Å². The molecule has 4 heteroatoms. The van der Waals surface area contributed by atoms with E-state index >= 15 is 0 Å². The van der Waals surface area contributed by atoms with Gasteiger partial charge in [-0.1, -0.05) is 26.2 Å². The Labute approximate surface area is 109 Å². The second-order valence-electron chi connectivity index (χ2n) is 5.15. The van der Waals surface area contributed by atoms with Gasteiger partial charge in [-0.25, -0.2) is 0 Å². The van der Waals surface area contributed by atoms with E-state index in [2.05, 4.69) is 17.0 Å². The van der Waals surface area contributed by atoms with Gasteiger partial charge in [0.1, 0.15) is 6.54 Å². The number of hydrogen-bond acceptors (Lipinski definition) is 3. The van der Waals surface area contributed by atoms with E-state index < -0.39 is 0 Å². The van der Waals surface area contributed by atoms with E-state index in [-0.39, 0.29) is 24.3 Å². The van der Waals surface area contributed by atoms with Gasteiger partial charge in [-0.3, -0.25) is 9.59 Å². The standard InChI is InChI=1S/C14H25NO3/c1-3-4-5-11-6-8-12(9-7-11)14(17)15-10-13(16)18-2/h11-12H,3-10H2,1-2H3,(H,15,17). The van der Waals surface area contributed by atoms with E-state index in [4.69, 9.17) is 0 Å². The topological polar surface area (TPSA) is 55.4 Å². The Kier molecular flexibility index (Phi) is 6.76. The molecular formula is C14H25NO3. The molecule has 0 saturated heterocycles. The number of nitrogens with one attached hydrogen (secondary N) is 1. The number of carbonyl (C=O) groups is 2. The molecule has 1 rings (SSSR count). The maximum Gasteiger partial charge on any atom is 0.325 e. The molecule has 0 aromatic carbocycles. The summed E-state index contributed by atoms with van der Waals surface area (Å²) in [5.74, 6) is 0.511. The van der Waals surface area contributed by atoms with Gasteiger partial charge in [-0.05, 0) is 31.6 Å². The molecule has 0 aliphatic heterocycles. The minimum Gasteiger partial charge on any atom is -0.468 e. The van der Waals surface area contributed by atoms with Crippen LogP contribution in [0.5, 0.6) is 0 Å². The van der Waals surface area contributed by atoms with Gasteiger partial charge in [0.2, 0.25) is 5.91 Å². The fourth-order valence-electron chi connectivity index (χ4n) is 2.58. The summed E-state index contributed by atoms with van der Waals surface area (Å²) in [5.41, 5.74) is 0. The third-order valence-corrected chi connectivity index (χ3v) is 3.82. The number of esters is 1. The van der Waals surface area contributed by atoms with E-state index in [1.807, 2.05) is 0 Å². The van der Waals surface area contributed by atoms with Crippen LogP contribution >= 0.6 is 0 Å². The van der Waals surface area contributed by atoms with E-state index in [1.54, 1.807) is 0 Å². The van der Waals surface area contributed by atoms with Crippen molar-refractivity contribution >= 4 is 11.9 Å². The summed E-state index contributed by atoms with van der Waals surface area (Å²) in [6.07, 6.45) is 8.06. The van der Waals surface area contributed by atoms with Gasteiger partial charge < -0.3 is 10.1 Å². The largest absolute Gasteiger partial charge is 0.468 e. The van der Waals surface area contributed by atoms with Crippen LogP contribution in [0.2, 0.25) is 0 Å². The third-order valence-electron chi connectivity index (χ3n) is 3.82. The average Bonchev–Trinajstić information content (AvgIpc) is 2.42. The minimum absolute atomic E-state index is 0.00865. The quantitative estimate of drug-likeness (QED) is 0.741. The summed E-state index contributed by atoms with van der Waals surface area (Å²) in [6, 6.07) is 0. The van der Waals surface area contributed by atoms with Crippen molar-refractivity contribution in [2.75, 3.05) is 13.7 Å². The van der Waals surface area contributed by atoms with Crippen molar-refractivity contribution in [3.05, 3.63) is 0 Å². The molecule has 18 heavy (non-hydrogen) atoms. The highest BCUT2D eigenvalue weighted by atomic mass is 16.5. The molecule has 0 radical (unpaired) electrons. The monoisotopic (exact) mass is 255 g/mol. The van der Waals surface area contributed by atoms with Gasteiger partial charge in [0, 0.05) is 5.92 Å². The summed E-state index contributed by atoms with van der Waals surface area (Å²) in [7, 11) is 1.33. The van der Waals surface area contributed by atoms with Crippen molar-refractivity contribution in [1.82, 2.24) is 5.32 Å². The van der Waals surface area contributed by atoms with Gasteiger partial charge in [-0.2, -0.15) is 0 Å². The Hall–Kier alpha value is -1.06. The summed E-state index contributed by atoms with van der Waals surface area (Å²) in [5, 5.41) is 2.65. The summed E-state index contributed by atoms with van der Waals surface area (Å²) < 4.78 is 4.50. The lowest BCUT2D eigenvalue weighted by Crippen LogP contribution is -2.36. The molecule has 0 heterocycles. The molecule has 0 unspecified atom stereocenters. The molecule has 0 atom stereocenters. The SMILES string of the molecule is CCCCC1CCC(C(=O)NCC(=O)OC)CC1. The predicted octanol–water partition coefficient (Wildman–Crippen LogP) is 2.27. The Balaban J connectivity index is 2.21. The van der Waals surface area contributed by atoms with Crippen molar-refractivity contribution in [3.8, 4) is 0 Å². The van der Waals surface area contributed by atoms with Crippen LogP contribution in [0, 0.1) is 11.8 Å². The first kappa shape index (κ1) is 15.0. The van der Waals surface area contributed by atoms with Gasteiger partial charge in [0.05, 0.1) is 7.11 Å². The van der Waals surface area contributed by atoms with Crippen molar-refractivity contribution in [3.63, 3.8) is 0 Å². The molecule has 1 N–H and O–H groups in total. The lowest BCUT2D eigenvalue weighted by molar-refractivity contribution is -0.141. The van der Waals surface area contributed by atoms with Crippen molar-refractivity contribution < 1.29 is 14.3 Å². The smallest absolute Gasteiger partial charge is 0.325 e. The Bertz CT molecular complexity index is 270. The van der Waals surface area contributed by atoms with Crippen molar-refractivity contribution in [2.45, 2.75) is 51.9 Å². The van der Waals surface area contributed by atoms with Crippen LogP contribution in [0.15, 0.2) is 0 Å². The van der Waals surface area contributed by atoms with E-state index in [1.165, 1.54) is 26.4 Å². The number of rotatable bonds is 6. The van der Waals surface area contributed by atoms with Gasteiger partial charge in [0.15, 0.2) is 0 Å². The van der Waals surface area contributed by atoms with E-state index in [0.29, 0.717) is 0 Å². The Morgan fingerprint density at radius 1 is 1.22 bits per heavy atom. The molecule has 0 spiro atoms. The number of unbranched alkanes of at least 4 members (excludes halogenated alkanes) is 1. The summed E-state index contributed by atoms with van der Waals surface area (Å²) in [6.45, 7) is 2.21. The highest BCUT2D eigenvalue weighted by Gasteiger charge is 2.26. The zero-order valence-electron chi connectivity index (χ0n) is 11.5. The van der Waals surface area contributed by atoms with Gasteiger partial charge in [-0.15, -0.1) is 0 Å². The fourth-order valence-corrected chi connectivity index (χ4v) is 2.58. The first-order chi connectivity index (χ1) is 8.67. The summed E-state index contributed by atoms with van der Waals surface area (Å²) in [4.78, 5) is 22.8. The number of ether oxygens (including phenoxy) is 1. The zero-order valence-corrected chi connectivity index (χ0v) is 11.5. The Morgan fingerprint density at radius 2 is 1.89 bits per heavy atom. The van der Waals surface area contributed by atoms with Gasteiger partial charge >= 0.3 is 5.97 Å². The van der Waals surface area contributed by atoms with Crippen LogP contribution < -0.4 is 5.32 Å².